The fourth-order valence-electron chi connectivity index (χ4n) is 3.37. The number of benzene rings is 2. The molecule has 9 heteroatoms. The number of thiocarbonyl (C=S) groups is 1. The van der Waals surface area contributed by atoms with Gasteiger partial charge in [-0.1, -0.05) is 60.4 Å². The maximum absolute atomic E-state index is 12.9. The highest BCUT2D eigenvalue weighted by molar-refractivity contribution is 8.26. The number of methoxy groups -OCH3 is 2. The summed E-state index contributed by atoms with van der Waals surface area (Å²) in [5.41, 5.74) is 1.75. The summed E-state index contributed by atoms with van der Waals surface area (Å²) in [7, 11) is 3.11. The summed E-state index contributed by atoms with van der Waals surface area (Å²) in [5.74, 6) is 0.786. The number of carbonyl (C=O) groups is 2. The first kappa shape index (κ1) is 24.8. The van der Waals surface area contributed by atoms with Crippen molar-refractivity contribution < 1.29 is 24.2 Å². The molecule has 33 heavy (non-hydrogen) atoms. The number of thioether (sulfide) groups is 1. The summed E-state index contributed by atoms with van der Waals surface area (Å²) in [6.45, 7) is 0.681. The second kappa shape index (κ2) is 11.8. The lowest BCUT2D eigenvalue weighted by Gasteiger charge is -2.23. The Labute approximate surface area is 203 Å². The van der Waals surface area contributed by atoms with Crippen LogP contribution in [0.1, 0.15) is 17.5 Å². The number of carbonyl (C=O) groups excluding carboxylic acids is 2. The Kier molecular flexibility index (Phi) is 8.87. The van der Waals surface area contributed by atoms with E-state index in [2.05, 4.69) is 0 Å². The Bertz CT molecular complexity index is 1040. The van der Waals surface area contributed by atoms with Crippen LogP contribution >= 0.6 is 24.0 Å². The molecule has 1 aliphatic heterocycles. The SMILES string of the molecule is COc1ccc(/C=C2/SC(=S)N(CCC(=O)N(CCO)Cc3ccccc3)C2=O)cc1OC. The summed E-state index contributed by atoms with van der Waals surface area (Å²) in [6.07, 6.45) is 1.86. The van der Waals surface area contributed by atoms with Gasteiger partial charge in [-0.3, -0.25) is 14.5 Å². The van der Waals surface area contributed by atoms with Crippen molar-refractivity contribution >= 4 is 46.2 Å². The maximum Gasteiger partial charge on any atom is 0.266 e. The van der Waals surface area contributed by atoms with Gasteiger partial charge in [-0.25, -0.2) is 0 Å². The third-order valence-corrected chi connectivity index (χ3v) is 6.44. The monoisotopic (exact) mass is 486 g/mol. The van der Waals surface area contributed by atoms with Crippen molar-refractivity contribution in [1.29, 1.82) is 0 Å². The molecule has 2 amide bonds. The van der Waals surface area contributed by atoms with Crippen molar-refractivity contribution in [3.8, 4) is 11.5 Å². The van der Waals surface area contributed by atoms with E-state index < -0.39 is 0 Å². The second-order valence-electron chi connectivity index (χ2n) is 7.22. The largest absolute Gasteiger partial charge is 0.493 e. The molecule has 174 valence electrons. The molecule has 0 atom stereocenters. The first-order valence-electron chi connectivity index (χ1n) is 10.4. The molecule has 1 heterocycles. The fourth-order valence-corrected chi connectivity index (χ4v) is 4.68. The van der Waals surface area contributed by atoms with Crippen LogP contribution in [-0.4, -0.2) is 65.0 Å². The number of aliphatic hydroxyl groups excluding tert-OH is 1. The minimum atomic E-state index is -0.232. The van der Waals surface area contributed by atoms with Gasteiger partial charge in [0.2, 0.25) is 5.91 Å². The number of aliphatic hydroxyl groups is 1. The number of hydrogen-bond acceptors (Lipinski definition) is 7. The molecule has 1 N–H and O–H groups in total. The standard InChI is InChI=1S/C24H26N2O5S2/c1-30-19-9-8-18(14-20(19)31-2)15-21-23(29)26(24(32)33-21)11-10-22(28)25(12-13-27)16-17-6-4-3-5-7-17/h3-9,14-15,27H,10-13,16H2,1-2H3/b21-15+. The molecule has 0 unspecified atom stereocenters. The smallest absolute Gasteiger partial charge is 0.266 e. The Hall–Kier alpha value is -2.88. The summed E-state index contributed by atoms with van der Waals surface area (Å²) in [4.78, 5) is 29.2. The minimum absolute atomic E-state index is 0.114. The van der Waals surface area contributed by atoms with Crippen LogP contribution in [0.15, 0.2) is 53.4 Å². The average Bonchev–Trinajstić information content (AvgIpc) is 3.09. The fraction of sp³-hybridized carbons (Fsp3) is 0.292. The number of ether oxygens (including phenoxy) is 2. The van der Waals surface area contributed by atoms with Gasteiger partial charge >= 0.3 is 0 Å². The van der Waals surface area contributed by atoms with Gasteiger partial charge in [0.25, 0.3) is 5.91 Å². The third-order valence-electron chi connectivity index (χ3n) is 5.07. The topological polar surface area (TPSA) is 79.3 Å². The van der Waals surface area contributed by atoms with Gasteiger partial charge in [-0.2, -0.15) is 0 Å². The van der Waals surface area contributed by atoms with Crippen LogP contribution in [0.2, 0.25) is 0 Å². The molecule has 3 rings (SSSR count). The van der Waals surface area contributed by atoms with E-state index in [0.29, 0.717) is 27.3 Å². The van der Waals surface area contributed by atoms with Crippen molar-refractivity contribution in [1.82, 2.24) is 9.80 Å². The summed E-state index contributed by atoms with van der Waals surface area (Å²) in [6, 6.07) is 15.0. The van der Waals surface area contributed by atoms with Crippen LogP contribution in [0, 0.1) is 0 Å². The van der Waals surface area contributed by atoms with Crippen LogP contribution in [-0.2, 0) is 16.1 Å². The van der Waals surface area contributed by atoms with Crippen molar-refractivity contribution in [2.75, 3.05) is 33.9 Å². The molecule has 0 spiro atoms. The van der Waals surface area contributed by atoms with E-state index >= 15 is 0 Å². The zero-order valence-corrected chi connectivity index (χ0v) is 20.2. The molecule has 0 bridgehead atoms. The van der Waals surface area contributed by atoms with E-state index in [4.69, 9.17) is 21.7 Å². The Morgan fingerprint density at radius 3 is 2.55 bits per heavy atom. The lowest BCUT2D eigenvalue weighted by Crippen LogP contribution is -2.37. The van der Waals surface area contributed by atoms with E-state index in [1.54, 1.807) is 37.3 Å². The van der Waals surface area contributed by atoms with Crippen molar-refractivity contribution in [3.05, 3.63) is 64.6 Å². The maximum atomic E-state index is 12.9. The van der Waals surface area contributed by atoms with Crippen molar-refractivity contribution in [3.63, 3.8) is 0 Å². The van der Waals surface area contributed by atoms with E-state index in [1.807, 2.05) is 36.4 Å². The van der Waals surface area contributed by atoms with Crippen LogP contribution in [0.3, 0.4) is 0 Å². The Morgan fingerprint density at radius 2 is 1.88 bits per heavy atom. The Balaban J connectivity index is 1.65. The van der Waals surface area contributed by atoms with E-state index in [9.17, 15) is 14.7 Å². The van der Waals surface area contributed by atoms with E-state index in [1.165, 1.54) is 16.7 Å². The first-order chi connectivity index (χ1) is 16.0. The lowest BCUT2D eigenvalue weighted by molar-refractivity contribution is -0.132. The van der Waals surface area contributed by atoms with Crippen molar-refractivity contribution in [2.45, 2.75) is 13.0 Å². The highest BCUT2D eigenvalue weighted by Gasteiger charge is 2.32. The molecule has 0 saturated carbocycles. The van der Waals surface area contributed by atoms with Crippen LogP contribution in [0.4, 0.5) is 0 Å². The highest BCUT2D eigenvalue weighted by atomic mass is 32.2. The molecular weight excluding hydrogens is 460 g/mol. The van der Waals surface area contributed by atoms with Crippen molar-refractivity contribution in [2.24, 2.45) is 0 Å². The van der Waals surface area contributed by atoms with Crippen LogP contribution in [0.25, 0.3) is 6.08 Å². The molecule has 0 radical (unpaired) electrons. The number of nitrogens with zero attached hydrogens (tertiary/aromatic N) is 2. The zero-order chi connectivity index (χ0) is 23.8. The summed E-state index contributed by atoms with van der Waals surface area (Å²) < 4.78 is 11.0. The predicted octanol–water partition coefficient (Wildman–Crippen LogP) is 3.32. The third kappa shape index (κ3) is 6.34. The van der Waals surface area contributed by atoms with Crippen LogP contribution < -0.4 is 9.47 Å². The molecule has 1 saturated heterocycles. The number of amides is 2. The average molecular weight is 487 g/mol. The normalized spacial score (nSPS) is 14.6. The molecule has 1 aliphatic rings. The van der Waals surface area contributed by atoms with Gasteiger partial charge in [0.05, 0.1) is 25.7 Å². The molecule has 0 aromatic heterocycles. The first-order valence-corrected chi connectivity index (χ1v) is 11.6. The van der Waals surface area contributed by atoms with Gasteiger partial charge in [-0.05, 0) is 29.3 Å². The van der Waals surface area contributed by atoms with Gasteiger partial charge in [0.15, 0.2) is 11.5 Å². The number of rotatable bonds is 10. The summed E-state index contributed by atoms with van der Waals surface area (Å²) >= 11 is 6.60. The molecule has 1 fully saturated rings. The zero-order valence-electron chi connectivity index (χ0n) is 18.5. The molecule has 2 aromatic rings. The summed E-state index contributed by atoms with van der Waals surface area (Å²) in [5, 5.41) is 9.37. The van der Waals surface area contributed by atoms with E-state index in [-0.39, 0.29) is 37.9 Å². The highest BCUT2D eigenvalue weighted by Crippen LogP contribution is 2.34. The van der Waals surface area contributed by atoms with Gasteiger partial charge in [0.1, 0.15) is 4.32 Å². The van der Waals surface area contributed by atoms with Crippen LogP contribution in [0.5, 0.6) is 11.5 Å². The minimum Gasteiger partial charge on any atom is -0.493 e. The lowest BCUT2D eigenvalue weighted by atomic mass is 10.2. The second-order valence-corrected chi connectivity index (χ2v) is 8.90. The van der Waals surface area contributed by atoms with E-state index in [0.717, 1.165) is 11.1 Å². The molecule has 0 aliphatic carbocycles. The van der Waals surface area contributed by atoms with Gasteiger partial charge in [0, 0.05) is 26.1 Å². The molecular formula is C24H26N2O5S2. The predicted molar refractivity (Wildman–Crippen MR) is 133 cm³/mol. The van der Waals surface area contributed by atoms with Gasteiger partial charge < -0.3 is 19.5 Å². The molecule has 7 nitrogen and oxygen atoms in total. The molecule has 2 aromatic carbocycles. The van der Waals surface area contributed by atoms with Gasteiger partial charge in [-0.15, -0.1) is 0 Å². The number of hydrogen-bond donors (Lipinski definition) is 1. The quantitative estimate of drug-likeness (QED) is 0.408. The Morgan fingerprint density at radius 1 is 1.15 bits per heavy atom.